The lowest BCUT2D eigenvalue weighted by Crippen LogP contribution is -2.40. The zero-order chi connectivity index (χ0) is 13.0. The highest BCUT2D eigenvalue weighted by Gasteiger charge is 2.28. The van der Waals surface area contributed by atoms with Crippen molar-refractivity contribution < 1.29 is 9.53 Å². The second-order valence-electron chi connectivity index (χ2n) is 4.47. The van der Waals surface area contributed by atoms with Gasteiger partial charge in [-0.3, -0.25) is 4.79 Å². The van der Waals surface area contributed by atoms with E-state index in [1.54, 1.807) is 31.4 Å². The van der Waals surface area contributed by atoms with E-state index in [0.29, 0.717) is 11.1 Å². The van der Waals surface area contributed by atoms with Crippen molar-refractivity contribution in [3.63, 3.8) is 0 Å². The summed E-state index contributed by atoms with van der Waals surface area (Å²) in [6.07, 6.45) is 3.15. The summed E-state index contributed by atoms with van der Waals surface area (Å²) in [5.74, 6) is -0.103. The number of benzene rings is 1. The lowest BCUT2D eigenvalue weighted by Gasteiger charge is -2.19. The molecular weight excluding hydrogens is 228 g/mol. The molecular formula is C14H16N2O2. The molecule has 0 radical (unpaired) electrons. The van der Waals surface area contributed by atoms with Gasteiger partial charge in [0.1, 0.15) is 0 Å². The van der Waals surface area contributed by atoms with E-state index in [1.165, 1.54) is 0 Å². The Balaban J connectivity index is 2.01. The largest absolute Gasteiger partial charge is 0.379 e. The fourth-order valence-electron chi connectivity index (χ4n) is 2.32. The highest BCUT2D eigenvalue weighted by atomic mass is 16.5. The van der Waals surface area contributed by atoms with Gasteiger partial charge >= 0.3 is 0 Å². The third-order valence-corrected chi connectivity index (χ3v) is 3.35. The molecule has 2 rings (SSSR count). The van der Waals surface area contributed by atoms with Gasteiger partial charge in [0.05, 0.1) is 23.8 Å². The molecule has 18 heavy (non-hydrogen) atoms. The first-order chi connectivity index (χ1) is 8.74. The Morgan fingerprint density at radius 3 is 2.72 bits per heavy atom. The summed E-state index contributed by atoms with van der Waals surface area (Å²) >= 11 is 0. The van der Waals surface area contributed by atoms with Crippen molar-refractivity contribution >= 4 is 5.91 Å². The first kappa shape index (κ1) is 12.6. The number of nitrogens with zero attached hydrogens (tertiary/aromatic N) is 1. The van der Waals surface area contributed by atoms with Crippen LogP contribution in [-0.2, 0) is 4.74 Å². The SMILES string of the molecule is COC1CCCC1NC(=O)c1ccc(C#N)cc1. The van der Waals surface area contributed by atoms with E-state index in [2.05, 4.69) is 5.32 Å². The van der Waals surface area contributed by atoms with E-state index in [4.69, 9.17) is 10.00 Å². The molecule has 1 aliphatic rings. The van der Waals surface area contributed by atoms with Gasteiger partial charge in [-0.2, -0.15) is 5.26 Å². The van der Waals surface area contributed by atoms with Gasteiger partial charge in [-0.1, -0.05) is 0 Å². The average Bonchev–Trinajstić information content (AvgIpc) is 2.86. The summed E-state index contributed by atoms with van der Waals surface area (Å²) < 4.78 is 5.34. The molecule has 1 aromatic rings. The van der Waals surface area contributed by atoms with Crippen LogP contribution in [0, 0.1) is 11.3 Å². The second-order valence-corrected chi connectivity index (χ2v) is 4.47. The molecule has 4 nitrogen and oxygen atoms in total. The van der Waals surface area contributed by atoms with E-state index >= 15 is 0 Å². The molecule has 1 saturated carbocycles. The summed E-state index contributed by atoms with van der Waals surface area (Å²) in [4.78, 5) is 12.0. The number of nitriles is 1. The van der Waals surface area contributed by atoms with Crippen molar-refractivity contribution in [1.29, 1.82) is 5.26 Å². The molecule has 2 atom stereocenters. The molecule has 1 aromatic carbocycles. The number of amides is 1. The van der Waals surface area contributed by atoms with Gasteiger partial charge in [-0.15, -0.1) is 0 Å². The van der Waals surface area contributed by atoms with Crippen LogP contribution in [0.1, 0.15) is 35.2 Å². The lowest BCUT2D eigenvalue weighted by molar-refractivity contribution is 0.0722. The molecule has 0 spiro atoms. The van der Waals surface area contributed by atoms with E-state index in [9.17, 15) is 4.79 Å². The van der Waals surface area contributed by atoms with Crippen molar-refractivity contribution in [1.82, 2.24) is 5.32 Å². The summed E-state index contributed by atoms with van der Waals surface area (Å²) in [6, 6.07) is 8.77. The number of carbonyl (C=O) groups excluding carboxylic acids is 1. The number of rotatable bonds is 3. The maximum absolute atomic E-state index is 12.0. The minimum absolute atomic E-state index is 0.0955. The van der Waals surface area contributed by atoms with Gasteiger partial charge in [0.25, 0.3) is 5.91 Å². The van der Waals surface area contributed by atoms with E-state index in [0.717, 1.165) is 19.3 Å². The zero-order valence-corrected chi connectivity index (χ0v) is 10.3. The summed E-state index contributed by atoms with van der Waals surface area (Å²) in [6.45, 7) is 0. The Labute approximate surface area is 107 Å². The van der Waals surface area contributed by atoms with Gasteiger partial charge in [-0.25, -0.2) is 0 Å². The van der Waals surface area contributed by atoms with Gasteiger partial charge in [0, 0.05) is 12.7 Å². The monoisotopic (exact) mass is 244 g/mol. The number of nitrogens with one attached hydrogen (secondary N) is 1. The molecule has 94 valence electrons. The molecule has 4 heteroatoms. The highest BCUT2D eigenvalue weighted by Crippen LogP contribution is 2.21. The molecule has 0 bridgehead atoms. The van der Waals surface area contributed by atoms with Crippen LogP contribution in [0.25, 0.3) is 0 Å². The highest BCUT2D eigenvalue weighted by molar-refractivity contribution is 5.94. The van der Waals surface area contributed by atoms with Crippen LogP contribution in [-0.4, -0.2) is 25.2 Å². The molecule has 0 heterocycles. The van der Waals surface area contributed by atoms with Crippen molar-refractivity contribution in [2.75, 3.05) is 7.11 Å². The molecule has 0 aliphatic heterocycles. The molecule has 0 saturated heterocycles. The van der Waals surface area contributed by atoms with E-state index in [1.807, 2.05) is 6.07 Å². The predicted molar refractivity (Wildman–Crippen MR) is 67.1 cm³/mol. The Morgan fingerprint density at radius 2 is 2.11 bits per heavy atom. The number of hydrogen-bond donors (Lipinski definition) is 1. The molecule has 1 N–H and O–H groups in total. The predicted octanol–water partition coefficient (Wildman–Crippen LogP) is 1.86. The van der Waals surface area contributed by atoms with Gasteiger partial charge in [0.15, 0.2) is 0 Å². The van der Waals surface area contributed by atoms with Crippen LogP contribution in [0.2, 0.25) is 0 Å². The topological polar surface area (TPSA) is 62.1 Å². The second kappa shape index (κ2) is 5.65. The van der Waals surface area contributed by atoms with Gasteiger partial charge in [-0.05, 0) is 43.5 Å². The van der Waals surface area contributed by atoms with Crippen molar-refractivity contribution in [2.24, 2.45) is 0 Å². The Hall–Kier alpha value is -1.86. The van der Waals surface area contributed by atoms with E-state index in [-0.39, 0.29) is 18.1 Å². The number of carbonyl (C=O) groups is 1. The van der Waals surface area contributed by atoms with Crippen LogP contribution in [0.15, 0.2) is 24.3 Å². The summed E-state index contributed by atoms with van der Waals surface area (Å²) in [7, 11) is 1.68. The van der Waals surface area contributed by atoms with Crippen LogP contribution >= 0.6 is 0 Å². The molecule has 1 aliphatic carbocycles. The van der Waals surface area contributed by atoms with Crippen LogP contribution in [0.4, 0.5) is 0 Å². The normalized spacial score (nSPS) is 22.4. The van der Waals surface area contributed by atoms with Crippen molar-refractivity contribution in [3.05, 3.63) is 35.4 Å². The quantitative estimate of drug-likeness (QED) is 0.882. The van der Waals surface area contributed by atoms with Gasteiger partial charge < -0.3 is 10.1 Å². The molecule has 1 fully saturated rings. The summed E-state index contributed by atoms with van der Waals surface area (Å²) in [5.41, 5.74) is 1.14. The number of ether oxygens (including phenoxy) is 1. The van der Waals surface area contributed by atoms with Crippen LogP contribution in [0.3, 0.4) is 0 Å². The Morgan fingerprint density at radius 1 is 1.39 bits per heavy atom. The third-order valence-electron chi connectivity index (χ3n) is 3.35. The first-order valence-corrected chi connectivity index (χ1v) is 6.08. The van der Waals surface area contributed by atoms with Crippen molar-refractivity contribution in [2.45, 2.75) is 31.4 Å². The summed E-state index contributed by atoms with van der Waals surface area (Å²) in [5, 5.41) is 11.7. The standard InChI is InChI=1S/C14H16N2O2/c1-18-13-4-2-3-12(13)16-14(17)11-7-5-10(9-15)6-8-11/h5-8,12-13H,2-4H2,1H3,(H,16,17). The van der Waals surface area contributed by atoms with Crippen LogP contribution in [0.5, 0.6) is 0 Å². The number of methoxy groups -OCH3 is 1. The lowest BCUT2D eigenvalue weighted by atomic mass is 10.1. The minimum Gasteiger partial charge on any atom is -0.379 e. The molecule has 2 unspecified atom stereocenters. The fraction of sp³-hybridized carbons (Fsp3) is 0.429. The molecule has 1 amide bonds. The Kier molecular flexibility index (Phi) is 3.96. The first-order valence-electron chi connectivity index (χ1n) is 6.08. The maximum atomic E-state index is 12.0. The number of hydrogen-bond acceptors (Lipinski definition) is 3. The van der Waals surface area contributed by atoms with E-state index < -0.39 is 0 Å². The zero-order valence-electron chi connectivity index (χ0n) is 10.3. The van der Waals surface area contributed by atoms with Gasteiger partial charge in [0.2, 0.25) is 0 Å². The fourth-order valence-corrected chi connectivity index (χ4v) is 2.32. The van der Waals surface area contributed by atoms with Crippen LogP contribution < -0.4 is 5.32 Å². The van der Waals surface area contributed by atoms with Crippen molar-refractivity contribution in [3.8, 4) is 6.07 Å². The Bertz CT molecular complexity index is 462. The third kappa shape index (κ3) is 2.69. The maximum Gasteiger partial charge on any atom is 0.251 e. The minimum atomic E-state index is -0.103. The average molecular weight is 244 g/mol. The smallest absolute Gasteiger partial charge is 0.251 e. The molecule has 0 aromatic heterocycles.